The lowest BCUT2D eigenvalue weighted by Gasteiger charge is -2.33. The highest BCUT2D eigenvalue weighted by Gasteiger charge is 2.34. The lowest BCUT2D eigenvalue weighted by atomic mass is 9.90. The Labute approximate surface area is 131 Å². The summed E-state index contributed by atoms with van der Waals surface area (Å²) in [6.45, 7) is 2.81. The van der Waals surface area contributed by atoms with Crippen molar-refractivity contribution < 1.29 is 9.59 Å². The number of carbonyl (C=O) groups is 2. The molecule has 1 unspecified atom stereocenters. The number of carbonyl (C=O) groups excluding carboxylic acids is 2. The van der Waals surface area contributed by atoms with Crippen LogP contribution in [0.15, 0.2) is 24.3 Å². The van der Waals surface area contributed by atoms with Crippen molar-refractivity contribution in [2.45, 2.75) is 38.1 Å². The second-order valence-corrected chi connectivity index (χ2v) is 5.51. The lowest BCUT2D eigenvalue weighted by Crippen LogP contribution is -2.54. The fourth-order valence-corrected chi connectivity index (χ4v) is 2.43. The van der Waals surface area contributed by atoms with Gasteiger partial charge in [0.2, 0.25) is 11.8 Å². The fraction of sp³-hybridized carbons (Fsp3) is 0.467. The van der Waals surface area contributed by atoms with Crippen molar-refractivity contribution in [1.82, 2.24) is 5.32 Å². The van der Waals surface area contributed by atoms with E-state index in [0.29, 0.717) is 0 Å². The molecular formula is C15H22ClN3O2. The third kappa shape index (κ3) is 4.72. The molecule has 6 heteroatoms. The Morgan fingerprint density at radius 1 is 1.29 bits per heavy atom. The summed E-state index contributed by atoms with van der Waals surface area (Å²) >= 11 is 0. The van der Waals surface area contributed by atoms with E-state index in [1.165, 1.54) is 0 Å². The maximum Gasteiger partial charge on any atom is 0.244 e. The number of primary amides is 1. The molecule has 0 bridgehead atoms. The summed E-state index contributed by atoms with van der Waals surface area (Å²) < 4.78 is 0. The standard InChI is InChI=1S/C15H21N3O2.ClH/c1-15(8-2-3-9-17-15)14(20)18-12-6-4-11(5-7-12)10-13(16)19;/h4-7,17H,2-3,8-10H2,1H3,(H2,16,19)(H,18,20);1H. The second kappa shape index (κ2) is 7.43. The van der Waals surface area contributed by atoms with Crippen LogP contribution in [0.1, 0.15) is 31.7 Å². The minimum absolute atomic E-state index is 0. The zero-order chi connectivity index (χ0) is 14.6. The van der Waals surface area contributed by atoms with E-state index in [1.54, 1.807) is 24.3 Å². The average molecular weight is 312 g/mol. The Balaban J connectivity index is 0.00000220. The van der Waals surface area contributed by atoms with Gasteiger partial charge in [-0.1, -0.05) is 12.1 Å². The Bertz CT molecular complexity index is 496. The van der Waals surface area contributed by atoms with Gasteiger partial charge in [-0.25, -0.2) is 0 Å². The van der Waals surface area contributed by atoms with Crippen LogP contribution in [0, 0.1) is 0 Å². The van der Waals surface area contributed by atoms with E-state index < -0.39 is 5.54 Å². The van der Waals surface area contributed by atoms with Crippen LogP contribution in [-0.4, -0.2) is 23.9 Å². The molecule has 2 rings (SSSR count). The zero-order valence-corrected chi connectivity index (χ0v) is 13.0. The van der Waals surface area contributed by atoms with Crippen LogP contribution in [0.5, 0.6) is 0 Å². The number of anilines is 1. The molecule has 21 heavy (non-hydrogen) atoms. The van der Waals surface area contributed by atoms with Gasteiger partial charge in [0, 0.05) is 5.69 Å². The van der Waals surface area contributed by atoms with Crippen LogP contribution in [0.25, 0.3) is 0 Å². The van der Waals surface area contributed by atoms with E-state index in [1.807, 2.05) is 6.92 Å². The molecule has 1 atom stereocenters. The average Bonchev–Trinajstić information content (AvgIpc) is 2.41. The molecule has 116 valence electrons. The van der Waals surface area contributed by atoms with E-state index in [0.717, 1.165) is 37.1 Å². The SMILES string of the molecule is CC1(C(=O)Nc2ccc(CC(N)=O)cc2)CCCCN1.Cl. The highest BCUT2D eigenvalue weighted by molar-refractivity contribution is 5.97. The molecular weight excluding hydrogens is 290 g/mol. The van der Waals surface area contributed by atoms with Gasteiger partial charge in [0.1, 0.15) is 0 Å². The monoisotopic (exact) mass is 311 g/mol. The maximum atomic E-state index is 12.3. The summed E-state index contributed by atoms with van der Waals surface area (Å²) in [6, 6.07) is 7.19. The number of nitrogens with two attached hydrogens (primary N) is 1. The van der Waals surface area contributed by atoms with Gasteiger partial charge in [-0.05, 0) is 50.4 Å². The number of benzene rings is 1. The van der Waals surface area contributed by atoms with E-state index in [4.69, 9.17) is 5.73 Å². The highest BCUT2D eigenvalue weighted by Crippen LogP contribution is 2.21. The fourth-order valence-electron chi connectivity index (χ4n) is 2.43. The third-order valence-corrected chi connectivity index (χ3v) is 3.71. The minimum Gasteiger partial charge on any atom is -0.369 e. The van der Waals surface area contributed by atoms with Crippen molar-refractivity contribution in [2.24, 2.45) is 5.73 Å². The molecule has 1 aliphatic rings. The molecule has 1 aromatic carbocycles. The summed E-state index contributed by atoms with van der Waals surface area (Å²) in [6.07, 6.45) is 3.24. The van der Waals surface area contributed by atoms with E-state index >= 15 is 0 Å². The highest BCUT2D eigenvalue weighted by atomic mass is 35.5. The number of hydrogen-bond donors (Lipinski definition) is 3. The predicted octanol–water partition coefficient (Wildman–Crippen LogP) is 1.61. The maximum absolute atomic E-state index is 12.3. The van der Waals surface area contributed by atoms with E-state index in [9.17, 15) is 9.59 Å². The van der Waals surface area contributed by atoms with Gasteiger partial charge >= 0.3 is 0 Å². The summed E-state index contributed by atoms with van der Waals surface area (Å²) in [4.78, 5) is 23.1. The first-order valence-electron chi connectivity index (χ1n) is 6.93. The second-order valence-electron chi connectivity index (χ2n) is 5.51. The molecule has 0 aromatic heterocycles. The number of amides is 2. The molecule has 5 nitrogen and oxygen atoms in total. The summed E-state index contributed by atoms with van der Waals surface area (Å²) in [5.74, 6) is -0.374. The Morgan fingerprint density at radius 2 is 1.95 bits per heavy atom. The first-order chi connectivity index (χ1) is 9.49. The summed E-state index contributed by atoms with van der Waals surface area (Å²) in [7, 11) is 0. The van der Waals surface area contributed by atoms with Crippen molar-refractivity contribution in [3.8, 4) is 0 Å². The molecule has 4 N–H and O–H groups in total. The molecule has 1 heterocycles. The van der Waals surface area contributed by atoms with Crippen molar-refractivity contribution in [1.29, 1.82) is 0 Å². The predicted molar refractivity (Wildman–Crippen MR) is 85.5 cm³/mol. The van der Waals surface area contributed by atoms with Gasteiger partial charge in [-0.15, -0.1) is 12.4 Å². The molecule has 0 spiro atoms. The van der Waals surface area contributed by atoms with Crippen LogP contribution in [0.3, 0.4) is 0 Å². The Morgan fingerprint density at radius 3 is 2.48 bits per heavy atom. The Kier molecular flexibility index (Phi) is 6.18. The van der Waals surface area contributed by atoms with Crippen LogP contribution < -0.4 is 16.4 Å². The zero-order valence-electron chi connectivity index (χ0n) is 12.1. The number of rotatable bonds is 4. The van der Waals surface area contributed by atoms with Crippen molar-refractivity contribution in [2.75, 3.05) is 11.9 Å². The molecule has 2 amide bonds. The summed E-state index contributed by atoms with van der Waals surface area (Å²) in [5, 5.41) is 6.19. The molecule has 0 aliphatic carbocycles. The van der Waals surface area contributed by atoms with Crippen LogP contribution in [0.2, 0.25) is 0 Å². The van der Waals surface area contributed by atoms with Gasteiger partial charge < -0.3 is 16.4 Å². The molecule has 1 saturated heterocycles. The van der Waals surface area contributed by atoms with Crippen molar-refractivity contribution in [3.63, 3.8) is 0 Å². The van der Waals surface area contributed by atoms with Crippen LogP contribution >= 0.6 is 12.4 Å². The third-order valence-electron chi connectivity index (χ3n) is 3.71. The molecule has 0 radical (unpaired) electrons. The first kappa shape index (κ1) is 17.5. The molecule has 1 aromatic rings. The smallest absolute Gasteiger partial charge is 0.244 e. The number of nitrogens with one attached hydrogen (secondary N) is 2. The van der Waals surface area contributed by atoms with E-state index in [2.05, 4.69) is 10.6 Å². The normalized spacial score (nSPS) is 21.2. The quantitative estimate of drug-likeness (QED) is 0.790. The Hall–Kier alpha value is -1.59. The summed E-state index contributed by atoms with van der Waals surface area (Å²) in [5.41, 5.74) is 6.22. The molecule has 0 saturated carbocycles. The number of piperidine rings is 1. The van der Waals surface area contributed by atoms with Crippen LogP contribution in [-0.2, 0) is 16.0 Å². The minimum atomic E-state index is -0.496. The van der Waals surface area contributed by atoms with Gasteiger partial charge in [0.15, 0.2) is 0 Å². The number of halogens is 1. The van der Waals surface area contributed by atoms with Crippen molar-refractivity contribution >= 4 is 29.9 Å². The van der Waals surface area contributed by atoms with Crippen molar-refractivity contribution in [3.05, 3.63) is 29.8 Å². The topological polar surface area (TPSA) is 84.2 Å². The number of hydrogen-bond acceptors (Lipinski definition) is 3. The van der Waals surface area contributed by atoms with Gasteiger partial charge in [-0.2, -0.15) is 0 Å². The largest absolute Gasteiger partial charge is 0.369 e. The van der Waals surface area contributed by atoms with Gasteiger partial charge in [0.05, 0.1) is 12.0 Å². The van der Waals surface area contributed by atoms with E-state index in [-0.39, 0.29) is 30.6 Å². The van der Waals surface area contributed by atoms with Crippen LogP contribution in [0.4, 0.5) is 5.69 Å². The molecule has 1 aliphatic heterocycles. The van der Waals surface area contributed by atoms with Gasteiger partial charge in [0.25, 0.3) is 0 Å². The molecule has 1 fully saturated rings. The van der Waals surface area contributed by atoms with Gasteiger partial charge in [-0.3, -0.25) is 9.59 Å². The first-order valence-corrected chi connectivity index (χ1v) is 6.93. The lowest BCUT2D eigenvalue weighted by molar-refractivity contribution is -0.122.